The number of carbonyl (C=O) groups is 1. The van der Waals surface area contributed by atoms with Crippen LogP contribution in [0.3, 0.4) is 0 Å². The Kier molecular flexibility index (Phi) is 4.16. The minimum Gasteiger partial charge on any atom is -0.478 e. The number of carboxylic acids is 1. The van der Waals surface area contributed by atoms with E-state index in [1.54, 1.807) is 36.4 Å². The lowest BCUT2D eigenvalue weighted by molar-refractivity contribution is 0.0697. The first kappa shape index (κ1) is 13.5. The van der Waals surface area contributed by atoms with Crippen LogP contribution in [-0.2, 0) is 6.54 Å². The molecule has 5 heteroatoms. The largest absolute Gasteiger partial charge is 0.478 e. The van der Waals surface area contributed by atoms with Gasteiger partial charge in [0.1, 0.15) is 5.82 Å². The number of hydrogen-bond acceptors (Lipinski definition) is 2. The Morgan fingerprint density at radius 1 is 1.21 bits per heavy atom. The summed E-state index contributed by atoms with van der Waals surface area (Å²) >= 11 is 3.09. The van der Waals surface area contributed by atoms with Crippen molar-refractivity contribution in [2.45, 2.75) is 6.54 Å². The summed E-state index contributed by atoms with van der Waals surface area (Å²) in [6.07, 6.45) is 0. The Bertz CT molecular complexity index is 599. The second-order valence-corrected chi connectivity index (χ2v) is 4.84. The second-order valence-electron chi connectivity index (χ2n) is 3.98. The quantitative estimate of drug-likeness (QED) is 0.897. The molecule has 0 amide bonds. The first-order valence-corrected chi connectivity index (χ1v) is 6.37. The molecule has 0 atom stereocenters. The number of aromatic carboxylic acids is 1. The van der Waals surface area contributed by atoms with E-state index >= 15 is 0 Å². The van der Waals surface area contributed by atoms with Gasteiger partial charge in [-0.2, -0.15) is 0 Å². The fraction of sp³-hybridized carbons (Fsp3) is 0.0714. The summed E-state index contributed by atoms with van der Waals surface area (Å²) in [4.78, 5) is 10.7. The highest BCUT2D eigenvalue weighted by atomic mass is 79.9. The smallest absolute Gasteiger partial charge is 0.335 e. The van der Waals surface area contributed by atoms with Crippen LogP contribution in [-0.4, -0.2) is 11.1 Å². The normalized spacial score (nSPS) is 10.2. The van der Waals surface area contributed by atoms with E-state index in [1.165, 1.54) is 6.07 Å². The first-order chi connectivity index (χ1) is 9.06. The fourth-order valence-electron chi connectivity index (χ4n) is 1.58. The van der Waals surface area contributed by atoms with Gasteiger partial charge in [-0.1, -0.05) is 12.1 Å². The molecule has 0 radical (unpaired) electrons. The van der Waals surface area contributed by atoms with Gasteiger partial charge in [0.25, 0.3) is 0 Å². The molecule has 0 bridgehead atoms. The molecule has 3 nitrogen and oxygen atoms in total. The van der Waals surface area contributed by atoms with Gasteiger partial charge in [-0.15, -0.1) is 0 Å². The van der Waals surface area contributed by atoms with Crippen molar-refractivity contribution in [2.75, 3.05) is 5.32 Å². The van der Waals surface area contributed by atoms with E-state index in [1.807, 2.05) is 0 Å². The van der Waals surface area contributed by atoms with Crippen LogP contribution < -0.4 is 5.32 Å². The molecule has 0 aliphatic heterocycles. The SMILES string of the molecule is O=C(O)c1ccc(CNc2ccc(Br)c(F)c2)cc1. The van der Waals surface area contributed by atoms with E-state index in [9.17, 15) is 9.18 Å². The van der Waals surface area contributed by atoms with Crippen LogP contribution in [0.2, 0.25) is 0 Å². The zero-order chi connectivity index (χ0) is 13.8. The third kappa shape index (κ3) is 3.54. The minimum atomic E-state index is -0.950. The maximum atomic E-state index is 13.3. The Labute approximate surface area is 118 Å². The Hall–Kier alpha value is -1.88. The molecule has 19 heavy (non-hydrogen) atoms. The highest BCUT2D eigenvalue weighted by molar-refractivity contribution is 9.10. The minimum absolute atomic E-state index is 0.249. The van der Waals surface area contributed by atoms with Crippen molar-refractivity contribution in [3.63, 3.8) is 0 Å². The Morgan fingerprint density at radius 3 is 2.47 bits per heavy atom. The van der Waals surface area contributed by atoms with Gasteiger partial charge >= 0.3 is 5.97 Å². The zero-order valence-corrected chi connectivity index (χ0v) is 11.4. The summed E-state index contributed by atoms with van der Waals surface area (Å²) < 4.78 is 13.7. The number of benzene rings is 2. The lowest BCUT2D eigenvalue weighted by Crippen LogP contribution is -2.01. The van der Waals surface area contributed by atoms with E-state index in [4.69, 9.17) is 5.11 Å². The summed E-state index contributed by atoms with van der Waals surface area (Å²) in [5.74, 6) is -1.28. The molecule has 2 rings (SSSR count). The number of anilines is 1. The third-order valence-corrected chi connectivity index (χ3v) is 3.26. The van der Waals surface area contributed by atoms with Gasteiger partial charge < -0.3 is 10.4 Å². The van der Waals surface area contributed by atoms with Gasteiger partial charge in [0.15, 0.2) is 0 Å². The van der Waals surface area contributed by atoms with E-state index in [-0.39, 0.29) is 11.4 Å². The van der Waals surface area contributed by atoms with Crippen LogP contribution in [0.5, 0.6) is 0 Å². The van der Waals surface area contributed by atoms with Gasteiger partial charge in [0, 0.05) is 12.2 Å². The first-order valence-electron chi connectivity index (χ1n) is 5.57. The molecule has 0 heterocycles. The number of nitrogens with one attached hydrogen (secondary N) is 1. The average molecular weight is 324 g/mol. The molecular weight excluding hydrogens is 313 g/mol. The van der Waals surface area contributed by atoms with Gasteiger partial charge in [-0.3, -0.25) is 0 Å². The molecular formula is C14H11BrFNO2. The van der Waals surface area contributed by atoms with Gasteiger partial charge in [-0.25, -0.2) is 9.18 Å². The highest BCUT2D eigenvalue weighted by Gasteiger charge is 2.03. The van der Waals surface area contributed by atoms with Crippen LogP contribution in [0.25, 0.3) is 0 Å². The number of hydrogen-bond donors (Lipinski definition) is 2. The van der Waals surface area contributed by atoms with Crippen molar-refractivity contribution < 1.29 is 14.3 Å². The second kappa shape index (κ2) is 5.84. The van der Waals surface area contributed by atoms with Gasteiger partial charge in [-0.05, 0) is 51.8 Å². The zero-order valence-electron chi connectivity index (χ0n) is 9.86. The lowest BCUT2D eigenvalue weighted by atomic mass is 10.1. The fourth-order valence-corrected chi connectivity index (χ4v) is 1.82. The van der Waals surface area contributed by atoms with E-state index in [0.717, 1.165) is 5.56 Å². The molecule has 0 fully saturated rings. The standard InChI is InChI=1S/C14H11BrFNO2/c15-12-6-5-11(7-13(12)16)17-8-9-1-3-10(4-2-9)14(18)19/h1-7,17H,8H2,(H,18,19). The van der Waals surface area contributed by atoms with Crippen molar-refractivity contribution in [3.05, 3.63) is 63.9 Å². The third-order valence-electron chi connectivity index (χ3n) is 2.62. The lowest BCUT2D eigenvalue weighted by Gasteiger charge is -2.07. The van der Waals surface area contributed by atoms with Crippen molar-refractivity contribution >= 4 is 27.6 Å². The van der Waals surface area contributed by atoms with Crippen LogP contribution in [0.1, 0.15) is 15.9 Å². The molecule has 0 aliphatic rings. The molecule has 0 saturated heterocycles. The summed E-state index contributed by atoms with van der Waals surface area (Å²) in [5, 5.41) is 11.8. The van der Waals surface area contributed by atoms with Crippen LogP contribution >= 0.6 is 15.9 Å². The molecule has 0 aliphatic carbocycles. The van der Waals surface area contributed by atoms with E-state index in [2.05, 4.69) is 21.2 Å². The summed E-state index contributed by atoms with van der Waals surface area (Å²) in [7, 11) is 0. The Morgan fingerprint density at radius 2 is 1.89 bits per heavy atom. The van der Waals surface area contributed by atoms with Gasteiger partial charge in [0.05, 0.1) is 10.0 Å². The van der Waals surface area contributed by atoms with E-state index < -0.39 is 5.97 Å². The number of halogens is 2. The average Bonchev–Trinajstić information content (AvgIpc) is 2.40. The predicted molar refractivity (Wildman–Crippen MR) is 74.8 cm³/mol. The van der Waals surface area contributed by atoms with Crippen molar-refractivity contribution in [1.82, 2.24) is 0 Å². The van der Waals surface area contributed by atoms with Crippen molar-refractivity contribution in [3.8, 4) is 0 Å². The number of carboxylic acid groups (broad SMARTS) is 1. The molecule has 2 aromatic carbocycles. The molecule has 0 spiro atoms. The summed E-state index contributed by atoms with van der Waals surface area (Å²) in [5.41, 5.74) is 1.84. The molecule has 2 aromatic rings. The molecule has 98 valence electrons. The topological polar surface area (TPSA) is 49.3 Å². The van der Waals surface area contributed by atoms with Crippen LogP contribution in [0.15, 0.2) is 46.9 Å². The van der Waals surface area contributed by atoms with Crippen LogP contribution in [0.4, 0.5) is 10.1 Å². The molecule has 0 unspecified atom stereocenters. The van der Waals surface area contributed by atoms with Crippen molar-refractivity contribution in [1.29, 1.82) is 0 Å². The molecule has 0 aromatic heterocycles. The molecule has 2 N–H and O–H groups in total. The highest BCUT2D eigenvalue weighted by Crippen LogP contribution is 2.19. The maximum Gasteiger partial charge on any atom is 0.335 e. The van der Waals surface area contributed by atoms with E-state index in [0.29, 0.717) is 16.7 Å². The summed E-state index contributed by atoms with van der Waals surface area (Å²) in [6.45, 7) is 0.501. The molecule has 0 saturated carbocycles. The van der Waals surface area contributed by atoms with Crippen LogP contribution in [0, 0.1) is 5.82 Å². The number of rotatable bonds is 4. The Balaban J connectivity index is 2.01. The summed E-state index contributed by atoms with van der Waals surface area (Å²) in [6, 6.07) is 11.3. The van der Waals surface area contributed by atoms with Gasteiger partial charge in [0.2, 0.25) is 0 Å². The monoisotopic (exact) mass is 323 g/mol. The maximum absolute atomic E-state index is 13.3. The van der Waals surface area contributed by atoms with Crippen molar-refractivity contribution in [2.24, 2.45) is 0 Å². The predicted octanol–water partition coefficient (Wildman–Crippen LogP) is 3.90.